The number of ether oxygens (including phenoxy) is 5. The Morgan fingerprint density at radius 3 is 2.36 bits per heavy atom. The molecule has 13 heteroatoms. The third-order valence-electron chi connectivity index (χ3n) is 11.7. The first-order valence-electron chi connectivity index (χ1n) is 20.3. The summed E-state index contributed by atoms with van der Waals surface area (Å²) in [4.78, 5) is 37.8. The average molecular weight is 780 g/mol. The maximum Gasteiger partial charge on any atom is 0.404 e. The van der Waals surface area contributed by atoms with Crippen molar-refractivity contribution < 1.29 is 58.5 Å². The minimum Gasteiger partial charge on any atom is -0.462 e. The van der Waals surface area contributed by atoms with E-state index in [0.29, 0.717) is 38.5 Å². The van der Waals surface area contributed by atoms with Crippen LogP contribution in [0.4, 0.5) is 4.79 Å². The lowest BCUT2D eigenvalue weighted by atomic mass is 9.77. The Labute approximate surface area is 327 Å². The number of primary amides is 1. The van der Waals surface area contributed by atoms with Crippen LogP contribution in [0.25, 0.3) is 0 Å². The van der Waals surface area contributed by atoms with Gasteiger partial charge in [-0.2, -0.15) is 0 Å². The quantitative estimate of drug-likeness (QED) is 0.132. The van der Waals surface area contributed by atoms with E-state index in [-0.39, 0.29) is 30.5 Å². The van der Waals surface area contributed by atoms with E-state index in [2.05, 4.69) is 0 Å². The molecule has 15 atom stereocenters. The molecule has 0 aromatic rings. The third kappa shape index (κ3) is 13.2. The van der Waals surface area contributed by atoms with Gasteiger partial charge in [0.15, 0.2) is 12.1 Å². The fraction of sp³-hybridized carbons (Fsp3) is 0.786. The smallest absolute Gasteiger partial charge is 0.404 e. The zero-order valence-corrected chi connectivity index (χ0v) is 34.4. The molecule has 3 heterocycles. The number of ketones is 1. The fourth-order valence-electron chi connectivity index (χ4n) is 8.30. The van der Waals surface area contributed by atoms with Crippen molar-refractivity contribution >= 4 is 17.8 Å². The molecule has 0 radical (unpaired) electrons. The summed E-state index contributed by atoms with van der Waals surface area (Å²) in [5, 5.41) is 45.1. The van der Waals surface area contributed by atoms with Gasteiger partial charge in [-0.3, -0.25) is 9.59 Å². The van der Waals surface area contributed by atoms with E-state index in [0.717, 1.165) is 11.1 Å². The molecule has 13 nitrogen and oxygen atoms in total. The highest BCUT2D eigenvalue weighted by atomic mass is 16.7. The van der Waals surface area contributed by atoms with Crippen LogP contribution in [0.2, 0.25) is 0 Å². The number of fused-ring (bicyclic) bond motifs is 2. The number of carbonyl (C=O) groups excluding carboxylic acids is 3. The van der Waals surface area contributed by atoms with E-state index < -0.39 is 97.1 Å². The second-order valence-corrected chi connectivity index (χ2v) is 16.4. The summed E-state index contributed by atoms with van der Waals surface area (Å²) >= 11 is 0. The molecule has 3 aliphatic heterocycles. The monoisotopic (exact) mass is 779 g/mol. The molecule has 1 fully saturated rings. The minimum absolute atomic E-state index is 0.00168. The maximum absolute atomic E-state index is 13.7. The Balaban J connectivity index is 1.95. The van der Waals surface area contributed by atoms with Gasteiger partial charge in [0.2, 0.25) is 0 Å². The van der Waals surface area contributed by atoms with Crippen LogP contribution >= 0.6 is 0 Å². The van der Waals surface area contributed by atoms with Gasteiger partial charge in [-0.1, -0.05) is 65.8 Å². The Morgan fingerprint density at radius 2 is 1.73 bits per heavy atom. The van der Waals surface area contributed by atoms with Gasteiger partial charge in [0.05, 0.1) is 30.8 Å². The minimum atomic E-state index is -1.80. The number of cyclic esters (lactones) is 1. The first-order valence-corrected chi connectivity index (χ1v) is 20.3. The van der Waals surface area contributed by atoms with Gasteiger partial charge in [0.25, 0.3) is 0 Å². The topological polar surface area (TPSA) is 204 Å². The van der Waals surface area contributed by atoms with Crippen molar-refractivity contribution in [3.63, 3.8) is 0 Å². The molecule has 11 unspecified atom stereocenters. The molecule has 3 rings (SSSR count). The van der Waals surface area contributed by atoms with Crippen LogP contribution in [0.3, 0.4) is 0 Å². The summed E-state index contributed by atoms with van der Waals surface area (Å²) in [7, 11) is 0. The van der Waals surface area contributed by atoms with E-state index >= 15 is 0 Å². The second kappa shape index (κ2) is 21.2. The highest BCUT2D eigenvalue weighted by Crippen LogP contribution is 2.36. The summed E-state index contributed by atoms with van der Waals surface area (Å²) in [5.74, 6) is -4.64. The average Bonchev–Trinajstić information content (AvgIpc) is 3.12. The van der Waals surface area contributed by atoms with Crippen LogP contribution in [-0.2, 0) is 33.3 Å². The standard InChI is InChI=1S/C42H69NO12/c1-10-31(32(44)11-2)37(47)26(6)20-27(7)40-28(8)36(46)23(3)16-17-30(52-35-21-33(53-41(43)49)38(48)29(9)51-35)15-13-12-14-24(4)39-25(5)18-19-42(50,55-39)22-34(45)54-40/h14,16-18,23,26-31,33,35-40,46-48,50H,10-13,15,19-22H2,1-9H3,(H2,43,49)/b17-16+,24-14+/t23?,26?,27?,28?,29-,30?,31?,33-,35+,36?,37?,38-,39?,40?,42?/m1/s1. The van der Waals surface area contributed by atoms with E-state index in [1.54, 1.807) is 13.8 Å². The van der Waals surface area contributed by atoms with Crippen molar-refractivity contribution in [2.45, 2.75) is 181 Å². The first-order chi connectivity index (χ1) is 25.8. The van der Waals surface area contributed by atoms with E-state index in [1.807, 2.05) is 72.8 Å². The van der Waals surface area contributed by atoms with Crippen molar-refractivity contribution in [1.82, 2.24) is 0 Å². The molecular formula is C42H69NO12. The van der Waals surface area contributed by atoms with Crippen molar-refractivity contribution in [2.24, 2.45) is 35.3 Å². The number of allylic oxidation sites excluding steroid dienone is 1. The van der Waals surface area contributed by atoms with Crippen LogP contribution < -0.4 is 5.73 Å². The Kier molecular flexibility index (Phi) is 18.0. The van der Waals surface area contributed by atoms with Crippen LogP contribution in [0.1, 0.15) is 120 Å². The van der Waals surface area contributed by atoms with Crippen LogP contribution in [0, 0.1) is 29.6 Å². The predicted molar refractivity (Wildman–Crippen MR) is 206 cm³/mol. The maximum atomic E-state index is 13.7. The third-order valence-corrected chi connectivity index (χ3v) is 11.7. The lowest BCUT2D eigenvalue weighted by Crippen LogP contribution is -2.50. The van der Waals surface area contributed by atoms with Gasteiger partial charge in [-0.25, -0.2) is 4.79 Å². The van der Waals surface area contributed by atoms with Crippen LogP contribution in [0.15, 0.2) is 35.5 Å². The predicted octanol–water partition coefficient (Wildman–Crippen LogP) is 5.41. The number of Topliss-reactive ketones (excluding diaryl/α,β-unsaturated/α-hetero) is 1. The molecule has 0 aromatic heterocycles. The molecule has 2 bridgehead atoms. The summed E-state index contributed by atoms with van der Waals surface area (Å²) < 4.78 is 29.8. The normalized spacial score (nSPS) is 38.0. The van der Waals surface area contributed by atoms with Gasteiger partial charge < -0.3 is 49.8 Å². The number of aliphatic hydroxyl groups excluding tert-OH is 3. The fourth-order valence-corrected chi connectivity index (χ4v) is 8.30. The van der Waals surface area contributed by atoms with E-state index in [9.17, 15) is 34.8 Å². The summed E-state index contributed by atoms with van der Waals surface area (Å²) in [6, 6.07) is 0. The number of nitrogens with two attached hydrogens (primary N) is 1. The second-order valence-electron chi connectivity index (χ2n) is 16.4. The molecule has 0 saturated carbocycles. The number of aliphatic hydroxyl groups is 4. The van der Waals surface area contributed by atoms with Crippen LogP contribution in [0.5, 0.6) is 0 Å². The zero-order chi connectivity index (χ0) is 41.2. The molecule has 6 N–H and O–H groups in total. The number of carbonyl (C=O) groups is 3. The summed E-state index contributed by atoms with van der Waals surface area (Å²) in [6.45, 7) is 16.6. The van der Waals surface area contributed by atoms with E-state index in [1.165, 1.54) is 0 Å². The lowest BCUT2D eigenvalue weighted by molar-refractivity contribution is -0.254. The summed E-state index contributed by atoms with van der Waals surface area (Å²) in [6.07, 6.45) is 2.42. The number of hydrogen-bond acceptors (Lipinski definition) is 12. The molecule has 1 amide bonds. The van der Waals surface area contributed by atoms with Gasteiger partial charge in [-0.05, 0) is 75.9 Å². The number of esters is 1. The Bertz CT molecular complexity index is 1370. The van der Waals surface area contributed by atoms with E-state index in [4.69, 9.17) is 29.4 Å². The number of amides is 1. The number of hydrogen-bond donors (Lipinski definition) is 5. The largest absolute Gasteiger partial charge is 0.462 e. The highest BCUT2D eigenvalue weighted by molar-refractivity contribution is 5.81. The SMILES string of the molecule is CCC(=O)C(CC)C(O)C(C)CC(C)C1OC(=O)CC2(O)CC=C(C)C(O2)/C(C)=C/CCCC(O[C@H]2C[C@@H](OC(N)=O)[C@H](O)[C@@H](C)O2)/C=C/C(C)C(O)C1C. The molecular weight excluding hydrogens is 710 g/mol. The van der Waals surface area contributed by atoms with Gasteiger partial charge >= 0.3 is 12.1 Å². The van der Waals surface area contributed by atoms with Crippen molar-refractivity contribution in [1.29, 1.82) is 0 Å². The van der Waals surface area contributed by atoms with Gasteiger partial charge in [-0.15, -0.1) is 0 Å². The summed E-state index contributed by atoms with van der Waals surface area (Å²) in [5.41, 5.74) is 7.06. The Morgan fingerprint density at radius 1 is 1.05 bits per heavy atom. The number of rotatable bonds is 11. The highest BCUT2D eigenvalue weighted by Gasteiger charge is 2.42. The molecule has 3 aliphatic rings. The van der Waals surface area contributed by atoms with Gasteiger partial charge in [0.1, 0.15) is 30.2 Å². The molecule has 0 spiro atoms. The molecule has 0 aliphatic carbocycles. The zero-order valence-electron chi connectivity index (χ0n) is 34.4. The molecule has 314 valence electrons. The van der Waals surface area contributed by atoms with Crippen LogP contribution in [-0.4, -0.2) is 99.2 Å². The van der Waals surface area contributed by atoms with Gasteiger partial charge in [0, 0.05) is 37.0 Å². The van der Waals surface area contributed by atoms with Crippen molar-refractivity contribution in [3.05, 3.63) is 35.5 Å². The van der Waals surface area contributed by atoms with Crippen molar-refractivity contribution in [3.8, 4) is 0 Å². The molecule has 1 saturated heterocycles. The lowest BCUT2D eigenvalue weighted by Gasteiger charge is -2.39. The first kappa shape index (κ1) is 46.7. The molecule has 55 heavy (non-hydrogen) atoms. The molecule has 0 aromatic carbocycles. The van der Waals surface area contributed by atoms with Crippen molar-refractivity contribution in [2.75, 3.05) is 0 Å². The Hall–Kier alpha value is -2.65.